The number of rotatable bonds is 6. The van der Waals surface area contributed by atoms with Gasteiger partial charge in [-0.2, -0.15) is 0 Å². The van der Waals surface area contributed by atoms with Crippen LogP contribution in [0.1, 0.15) is 102 Å². The number of benzene rings is 2. The van der Waals surface area contributed by atoms with Gasteiger partial charge in [-0.1, -0.05) is 36.4 Å². The second-order valence-electron chi connectivity index (χ2n) is 14.6. The predicted octanol–water partition coefficient (Wildman–Crippen LogP) is 5.06. The third-order valence-electron chi connectivity index (χ3n) is 7.50. The predicted molar refractivity (Wildman–Crippen MR) is 162 cm³/mol. The van der Waals surface area contributed by atoms with Crippen LogP contribution in [0, 0.1) is 0 Å². The van der Waals surface area contributed by atoms with Crippen LogP contribution in [0.25, 0.3) is 0 Å². The molecule has 2 aliphatic heterocycles. The highest BCUT2D eigenvalue weighted by Gasteiger charge is 2.56. The molecule has 0 unspecified atom stereocenters. The maximum absolute atomic E-state index is 13.6. The molecule has 238 valence electrons. The van der Waals surface area contributed by atoms with Gasteiger partial charge in [-0.25, -0.2) is 19.2 Å². The Morgan fingerprint density at radius 1 is 0.477 bits per heavy atom. The molecule has 0 bridgehead atoms. The number of carbonyl (C=O) groups excluding carboxylic acids is 4. The van der Waals surface area contributed by atoms with Gasteiger partial charge >= 0.3 is 23.9 Å². The molecule has 0 aliphatic carbocycles. The molecule has 2 heterocycles. The molecule has 0 spiro atoms. The summed E-state index contributed by atoms with van der Waals surface area (Å²) in [5, 5.41) is 6.93. The van der Waals surface area contributed by atoms with E-state index in [0.717, 1.165) is 0 Å². The molecule has 10 heteroatoms. The molecule has 4 rings (SSSR count). The normalized spacial score (nSPS) is 22.1. The molecule has 10 nitrogen and oxygen atoms in total. The van der Waals surface area contributed by atoms with Gasteiger partial charge in [0.15, 0.2) is 0 Å². The van der Waals surface area contributed by atoms with Crippen molar-refractivity contribution in [3.63, 3.8) is 0 Å². The number of hydrogen-bond acceptors (Lipinski definition) is 10. The first kappa shape index (κ1) is 33.1. The zero-order valence-electron chi connectivity index (χ0n) is 26.9. The Hall–Kier alpha value is -3.76. The summed E-state index contributed by atoms with van der Waals surface area (Å²) in [6, 6.07) is 16.7. The zero-order chi connectivity index (χ0) is 32.6. The summed E-state index contributed by atoms with van der Waals surface area (Å²) in [5.74, 6) is -7.69. The van der Waals surface area contributed by atoms with Crippen molar-refractivity contribution in [1.29, 1.82) is 0 Å². The van der Waals surface area contributed by atoms with Crippen LogP contribution < -0.4 is 10.6 Å². The highest BCUT2D eigenvalue weighted by molar-refractivity contribution is 6.30. The fourth-order valence-electron chi connectivity index (χ4n) is 7.18. The monoisotopic (exact) mass is 608 g/mol. The van der Waals surface area contributed by atoms with Gasteiger partial charge < -0.3 is 29.6 Å². The smallest absolute Gasteiger partial charge is 0.419 e. The highest BCUT2D eigenvalue weighted by Crippen LogP contribution is 2.42. The number of ether oxygens (including phenoxy) is 4. The van der Waals surface area contributed by atoms with Crippen molar-refractivity contribution >= 4 is 23.9 Å². The number of esters is 4. The molecule has 2 saturated heterocycles. The highest BCUT2D eigenvalue weighted by atomic mass is 16.8. The maximum Gasteiger partial charge on any atom is 0.420 e. The first-order valence-corrected chi connectivity index (χ1v) is 14.8. The Morgan fingerprint density at radius 2 is 0.750 bits per heavy atom. The molecule has 44 heavy (non-hydrogen) atoms. The van der Waals surface area contributed by atoms with E-state index in [1.54, 1.807) is 60.7 Å². The number of nitrogens with one attached hydrogen (secondary N) is 2. The summed E-state index contributed by atoms with van der Waals surface area (Å²) in [6.07, 6.45) is 0.274. The summed E-state index contributed by atoms with van der Waals surface area (Å²) < 4.78 is 23.5. The van der Waals surface area contributed by atoms with E-state index in [-0.39, 0.29) is 36.8 Å². The Kier molecular flexibility index (Phi) is 8.76. The van der Waals surface area contributed by atoms with Crippen molar-refractivity contribution in [3.8, 4) is 0 Å². The molecule has 2 aromatic carbocycles. The van der Waals surface area contributed by atoms with Crippen LogP contribution >= 0.6 is 0 Å². The lowest BCUT2D eigenvalue weighted by atomic mass is 9.78. The molecule has 2 aliphatic rings. The van der Waals surface area contributed by atoms with Crippen LogP contribution in [-0.2, 0) is 28.5 Å². The number of piperidine rings is 2. The van der Waals surface area contributed by atoms with E-state index in [2.05, 4.69) is 10.6 Å². The van der Waals surface area contributed by atoms with Crippen LogP contribution in [0.2, 0.25) is 0 Å². The summed E-state index contributed by atoms with van der Waals surface area (Å²) >= 11 is 0. The van der Waals surface area contributed by atoms with Crippen LogP contribution in [-0.4, -0.2) is 57.6 Å². The molecular weight excluding hydrogens is 564 g/mol. The van der Waals surface area contributed by atoms with Gasteiger partial charge in [-0.3, -0.25) is 0 Å². The van der Waals surface area contributed by atoms with E-state index in [1.807, 2.05) is 55.4 Å². The van der Waals surface area contributed by atoms with Gasteiger partial charge in [-0.05, 0) is 79.7 Å². The summed E-state index contributed by atoms with van der Waals surface area (Å²) in [4.78, 5) is 53.7. The van der Waals surface area contributed by atoms with Crippen molar-refractivity contribution in [1.82, 2.24) is 10.6 Å². The van der Waals surface area contributed by atoms with E-state index in [9.17, 15) is 19.2 Å². The van der Waals surface area contributed by atoms with E-state index in [0.29, 0.717) is 0 Å². The molecule has 0 amide bonds. The standard InChI is InChI=1S/C34H44N2O8/c1-29(2)19-33(20-30(3,4)35-29,41-25(37)23-15-11-9-12-16-23)43-27(39)28(40)44-34(21-31(5,6)36-32(7,8)22-34)42-26(38)24-17-13-10-14-18-24/h9-18,35-36H,19-22H2,1-8H3. The van der Waals surface area contributed by atoms with E-state index in [1.165, 1.54) is 0 Å². The van der Waals surface area contributed by atoms with Crippen molar-refractivity contribution < 1.29 is 38.1 Å². The number of carbonyl (C=O) groups is 4. The van der Waals surface area contributed by atoms with Crippen molar-refractivity contribution in [2.45, 2.75) is 115 Å². The average Bonchev–Trinajstić information content (AvgIpc) is 2.85. The van der Waals surface area contributed by atoms with Gasteiger partial charge in [0.05, 0.1) is 11.1 Å². The van der Waals surface area contributed by atoms with Crippen molar-refractivity contribution in [3.05, 3.63) is 71.8 Å². The summed E-state index contributed by atoms with van der Waals surface area (Å²) in [6.45, 7) is 15.1. The lowest BCUT2D eigenvalue weighted by Crippen LogP contribution is -2.66. The van der Waals surface area contributed by atoms with E-state index < -0.39 is 57.6 Å². The summed E-state index contributed by atoms with van der Waals surface area (Å²) in [7, 11) is 0. The molecular formula is C34H44N2O8. The quantitative estimate of drug-likeness (QED) is 0.261. The third kappa shape index (κ3) is 8.24. The fourth-order valence-corrected chi connectivity index (χ4v) is 7.18. The molecule has 0 radical (unpaired) electrons. The third-order valence-corrected chi connectivity index (χ3v) is 7.50. The Morgan fingerprint density at radius 3 is 1.02 bits per heavy atom. The fraction of sp³-hybridized carbons (Fsp3) is 0.529. The lowest BCUT2D eigenvalue weighted by molar-refractivity contribution is -0.256. The van der Waals surface area contributed by atoms with Crippen molar-refractivity contribution in [2.24, 2.45) is 0 Å². The van der Waals surface area contributed by atoms with Crippen LogP contribution in [0.4, 0.5) is 0 Å². The topological polar surface area (TPSA) is 129 Å². The van der Waals surface area contributed by atoms with Gasteiger partial charge in [0, 0.05) is 47.8 Å². The Labute approximate surface area is 259 Å². The molecule has 0 saturated carbocycles. The minimum absolute atomic E-state index is 0.0686. The van der Waals surface area contributed by atoms with Crippen molar-refractivity contribution in [2.75, 3.05) is 0 Å². The SMILES string of the molecule is CC1(C)CC(OC(=O)C(=O)OC2(OC(=O)c3ccccc3)CC(C)(C)NC(C)(C)C2)(OC(=O)c2ccccc2)CC(C)(C)N1. The molecule has 2 fully saturated rings. The molecule has 0 atom stereocenters. The van der Waals surface area contributed by atoms with Gasteiger partial charge in [0.2, 0.25) is 0 Å². The largest absolute Gasteiger partial charge is 0.420 e. The van der Waals surface area contributed by atoms with E-state index >= 15 is 0 Å². The minimum atomic E-state index is -1.79. The second kappa shape index (κ2) is 11.6. The number of hydrogen-bond donors (Lipinski definition) is 2. The van der Waals surface area contributed by atoms with Crippen LogP contribution in [0.5, 0.6) is 0 Å². The maximum atomic E-state index is 13.6. The Bertz CT molecular complexity index is 1260. The Balaban J connectivity index is 1.64. The van der Waals surface area contributed by atoms with Gasteiger partial charge in [0.25, 0.3) is 11.6 Å². The minimum Gasteiger partial charge on any atom is -0.419 e. The average molecular weight is 609 g/mol. The second-order valence-corrected chi connectivity index (χ2v) is 14.6. The van der Waals surface area contributed by atoms with Gasteiger partial charge in [-0.15, -0.1) is 0 Å². The van der Waals surface area contributed by atoms with Crippen LogP contribution in [0.3, 0.4) is 0 Å². The zero-order valence-corrected chi connectivity index (χ0v) is 26.9. The first-order chi connectivity index (χ1) is 20.2. The molecule has 2 N–H and O–H groups in total. The molecule has 0 aromatic heterocycles. The molecule has 2 aromatic rings. The van der Waals surface area contributed by atoms with E-state index in [4.69, 9.17) is 18.9 Å². The summed E-state index contributed by atoms with van der Waals surface area (Å²) in [5.41, 5.74) is -2.02. The lowest BCUT2D eigenvalue weighted by Gasteiger charge is -2.51. The first-order valence-electron chi connectivity index (χ1n) is 14.8. The van der Waals surface area contributed by atoms with Crippen LogP contribution in [0.15, 0.2) is 60.7 Å². The van der Waals surface area contributed by atoms with Gasteiger partial charge in [0.1, 0.15) is 0 Å².